The molecule has 4 amide bonds. The van der Waals surface area contributed by atoms with Crippen LogP contribution in [0, 0.1) is 5.41 Å². The zero-order chi connectivity index (χ0) is 24.9. The minimum absolute atomic E-state index is 0.00290. The van der Waals surface area contributed by atoms with E-state index in [0.29, 0.717) is 48.3 Å². The Morgan fingerprint density at radius 1 is 1.20 bits per heavy atom. The number of hydrogen-bond donors (Lipinski definition) is 2. The van der Waals surface area contributed by atoms with Crippen LogP contribution in [0.2, 0.25) is 10.0 Å². The molecule has 3 aliphatic heterocycles. The first-order chi connectivity index (χ1) is 16.7. The van der Waals surface area contributed by atoms with E-state index in [9.17, 15) is 19.5 Å². The highest BCUT2D eigenvalue weighted by Crippen LogP contribution is 2.53. The third-order valence-corrected chi connectivity index (χ3v) is 8.70. The Morgan fingerprint density at radius 2 is 1.97 bits per heavy atom. The van der Waals surface area contributed by atoms with Gasteiger partial charge >= 0.3 is 6.03 Å². The highest BCUT2D eigenvalue weighted by atomic mass is 35.5. The van der Waals surface area contributed by atoms with Crippen molar-refractivity contribution in [3.63, 3.8) is 0 Å². The number of piperazine rings is 1. The SMILES string of the molecule is C[C@H]1C(=O)N2[C@@H](CCC(=O)N3CCC4(CC4)[C@H](O)C3)CO[C@@H]2CN1C(=O)Nc1ccc(Cl)c(Cl)c1. The summed E-state index contributed by atoms with van der Waals surface area (Å²) in [5.74, 6) is -0.201. The van der Waals surface area contributed by atoms with Gasteiger partial charge in [-0.2, -0.15) is 0 Å². The van der Waals surface area contributed by atoms with E-state index in [-0.39, 0.29) is 29.8 Å². The fourth-order valence-electron chi connectivity index (χ4n) is 5.44. The molecule has 4 aliphatic rings. The summed E-state index contributed by atoms with van der Waals surface area (Å²) in [5, 5.41) is 13.9. The molecular formula is C24H30Cl2N4O5. The van der Waals surface area contributed by atoms with Crippen molar-refractivity contribution in [2.24, 2.45) is 5.41 Å². The second-order valence-corrected chi connectivity index (χ2v) is 10.9. The number of urea groups is 1. The zero-order valence-electron chi connectivity index (χ0n) is 19.6. The fourth-order valence-corrected chi connectivity index (χ4v) is 5.74. The van der Waals surface area contributed by atoms with E-state index in [4.69, 9.17) is 27.9 Å². The van der Waals surface area contributed by atoms with Crippen LogP contribution in [0.1, 0.15) is 39.0 Å². The molecule has 0 radical (unpaired) electrons. The number of halogens is 2. The highest BCUT2D eigenvalue weighted by Gasteiger charge is 2.52. The lowest BCUT2D eigenvalue weighted by molar-refractivity contribution is -0.150. The molecule has 4 atom stereocenters. The second kappa shape index (κ2) is 9.42. The minimum atomic E-state index is -0.680. The molecule has 35 heavy (non-hydrogen) atoms. The average Bonchev–Trinajstić information content (AvgIpc) is 3.50. The van der Waals surface area contributed by atoms with Crippen LogP contribution >= 0.6 is 23.2 Å². The number of ether oxygens (including phenoxy) is 1. The summed E-state index contributed by atoms with van der Waals surface area (Å²) in [5.41, 5.74) is 0.531. The van der Waals surface area contributed by atoms with Crippen LogP contribution in [0.15, 0.2) is 18.2 Å². The maximum Gasteiger partial charge on any atom is 0.322 e. The molecular weight excluding hydrogens is 495 g/mol. The topological polar surface area (TPSA) is 102 Å². The summed E-state index contributed by atoms with van der Waals surface area (Å²) in [6.07, 6.45) is 2.75. The Labute approximate surface area is 214 Å². The Balaban J connectivity index is 1.16. The Kier molecular flexibility index (Phi) is 6.63. The van der Waals surface area contributed by atoms with Gasteiger partial charge in [0.05, 0.1) is 35.3 Å². The van der Waals surface area contributed by atoms with Crippen molar-refractivity contribution in [1.82, 2.24) is 14.7 Å². The third-order valence-electron chi connectivity index (χ3n) is 7.96. The number of aliphatic hydroxyl groups is 1. The quantitative estimate of drug-likeness (QED) is 0.630. The van der Waals surface area contributed by atoms with E-state index in [1.54, 1.807) is 34.9 Å². The molecule has 1 saturated carbocycles. The predicted molar refractivity (Wildman–Crippen MR) is 130 cm³/mol. The molecule has 3 heterocycles. The van der Waals surface area contributed by atoms with Crippen molar-refractivity contribution in [1.29, 1.82) is 0 Å². The number of piperidine rings is 1. The van der Waals surface area contributed by atoms with E-state index >= 15 is 0 Å². The number of aliphatic hydroxyl groups excluding tert-OH is 1. The number of fused-ring (bicyclic) bond motifs is 1. The summed E-state index contributed by atoms with van der Waals surface area (Å²) in [6, 6.07) is 3.45. The molecule has 1 aromatic carbocycles. The van der Waals surface area contributed by atoms with Crippen LogP contribution in [0.5, 0.6) is 0 Å². The van der Waals surface area contributed by atoms with Crippen molar-refractivity contribution in [2.45, 2.75) is 63.4 Å². The molecule has 3 saturated heterocycles. The van der Waals surface area contributed by atoms with E-state index in [1.165, 1.54) is 4.90 Å². The molecule has 190 valence electrons. The van der Waals surface area contributed by atoms with Crippen molar-refractivity contribution in [3.05, 3.63) is 28.2 Å². The lowest BCUT2D eigenvalue weighted by Gasteiger charge is -2.42. The van der Waals surface area contributed by atoms with Crippen LogP contribution in [-0.4, -0.2) is 88.3 Å². The highest BCUT2D eigenvalue weighted by molar-refractivity contribution is 6.42. The van der Waals surface area contributed by atoms with Crippen molar-refractivity contribution < 1.29 is 24.2 Å². The standard InChI is InChI=1S/C24H30Cl2N4O5/c1-14-22(33)30-16(3-5-20(32)28-9-8-24(6-7-24)19(31)11-28)13-35-21(30)12-29(14)23(34)27-15-2-4-17(25)18(26)10-15/h2,4,10,14,16,19,21,31H,3,5-9,11-13H2,1H3,(H,27,34)/t14-,16-,19+,21+/m0/s1. The molecule has 0 unspecified atom stereocenters. The van der Waals surface area contributed by atoms with Gasteiger partial charge in [0.25, 0.3) is 0 Å². The van der Waals surface area contributed by atoms with Crippen LogP contribution in [0.4, 0.5) is 10.5 Å². The number of likely N-dealkylation sites (tertiary alicyclic amines) is 1. The van der Waals surface area contributed by atoms with Crippen molar-refractivity contribution >= 4 is 46.7 Å². The number of rotatable bonds is 4. The molecule has 5 rings (SSSR count). The maximum atomic E-state index is 13.2. The summed E-state index contributed by atoms with van der Waals surface area (Å²) in [7, 11) is 0. The van der Waals surface area contributed by atoms with Crippen LogP contribution in [0.3, 0.4) is 0 Å². The predicted octanol–water partition coefficient (Wildman–Crippen LogP) is 2.94. The van der Waals surface area contributed by atoms with Gasteiger partial charge in [-0.1, -0.05) is 23.2 Å². The number of carbonyl (C=O) groups excluding carboxylic acids is 3. The molecule has 1 spiro atoms. The van der Waals surface area contributed by atoms with Crippen LogP contribution in [0.25, 0.3) is 0 Å². The molecule has 2 N–H and O–H groups in total. The normalized spacial score (nSPS) is 29.4. The van der Waals surface area contributed by atoms with Gasteiger partial charge in [0.2, 0.25) is 11.8 Å². The van der Waals surface area contributed by atoms with Gasteiger partial charge in [-0.15, -0.1) is 0 Å². The number of β-amino-alcohol motifs (C(OH)–C–C–N with tert-alkyl or cyclic N) is 1. The van der Waals surface area contributed by atoms with Crippen molar-refractivity contribution in [2.75, 3.05) is 31.6 Å². The number of carbonyl (C=O) groups is 3. The van der Waals surface area contributed by atoms with E-state index in [0.717, 1.165) is 19.3 Å². The molecule has 1 aliphatic carbocycles. The van der Waals surface area contributed by atoms with Gasteiger partial charge in [0.1, 0.15) is 6.04 Å². The Hall–Kier alpha value is -2.07. The number of anilines is 1. The first-order valence-electron chi connectivity index (χ1n) is 12.1. The zero-order valence-corrected chi connectivity index (χ0v) is 21.1. The van der Waals surface area contributed by atoms with Gasteiger partial charge in [-0.3, -0.25) is 9.59 Å². The summed E-state index contributed by atoms with van der Waals surface area (Å²) < 4.78 is 5.86. The molecule has 4 fully saturated rings. The molecule has 11 heteroatoms. The third kappa shape index (κ3) is 4.71. The van der Waals surface area contributed by atoms with E-state index < -0.39 is 24.4 Å². The molecule has 9 nitrogen and oxygen atoms in total. The van der Waals surface area contributed by atoms with Gasteiger partial charge in [-0.05, 0) is 56.2 Å². The second-order valence-electron chi connectivity index (χ2n) is 10.1. The molecule has 1 aromatic rings. The maximum absolute atomic E-state index is 13.2. The average molecular weight is 525 g/mol. The largest absolute Gasteiger partial charge is 0.391 e. The van der Waals surface area contributed by atoms with Gasteiger partial charge in [0, 0.05) is 25.2 Å². The van der Waals surface area contributed by atoms with Gasteiger partial charge in [0.15, 0.2) is 6.23 Å². The first-order valence-corrected chi connectivity index (χ1v) is 12.9. The molecule has 0 bridgehead atoms. The Bertz CT molecular complexity index is 1040. The summed E-state index contributed by atoms with van der Waals surface area (Å²) in [6.45, 7) is 3.32. The smallest absolute Gasteiger partial charge is 0.322 e. The fraction of sp³-hybridized carbons (Fsp3) is 0.625. The molecule has 0 aromatic heterocycles. The van der Waals surface area contributed by atoms with Crippen LogP contribution < -0.4 is 5.32 Å². The number of amides is 4. The number of hydrogen-bond acceptors (Lipinski definition) is 5. The minimum Gasteiger partial charge on any atom is -0.391 e. The van der Waals surface area contributed by atoms with Crippen LogP contribution in [-0.2, 0) is 14.3 Å². The summed E-state index contributed by atoms with van der Waals surface area (Å²) in [4.78, 5) is 43.8. The number of benzene rings is 1. The van der Waals surface area contributed by atoms with Gasteiger partial charge < -0.3 is 29.9 Å². The van der Waals surface area contributed by atoms with Crippen molar-refractivity contribution in [3.8, 4) is 0 Å². The van der Waals surface area contributed by atoms with E-state index in [1.807, 2.05) is 0 Å². The van der Waals surface area contributed by atoms with E-state index in [2.05, 4.69) is 5.32 Å². The lowest BCUT2D eigenvalue weighted by Crippen LogP contribution is -2.62. The monoisotopic (exact) mass is 524 g/mol. The Morgan fingerprint density at radius 3 is 2.66 bits per heavy atom. The lowest BCUT2D eigenvalue weighted by atomic mass is 9.90. The summed E-state index contributed by atoms with van der Waals surface area (Å²) >= 11 is 12.0. The number of nitrogens with zero attached hydrogens (tertiary/aromatic N) is 3. The number of nitrogens with one attached hydrogen (secondary N) is 1. The van der Waals surface area contributed by atoms with Gasteiger partial charge in [-0.25, -0.2) is 4.79 Å². The first kappa shape index (κ1) is 24.6.